The lowest BCUT2D eigenvalue weighted by Gasteiger charge is -2.29. The Morgan fingerprint density at radius 2 is 1.72 bits per heavy atom. The largest absolute Gasteiger partial charge is 0.372 e. The molecule has 1 atom stereocenters. The molecular formula is C20H24ClN3S. The van der Waals surface area contributed by atoms with Crippen LogP contribution < -0.4 is 15.5 Å². The fourth-order valence-electron chi connectivity index (χ4n) is 3.13. The van der Waals surface area contributed by atoms with Gasteiger partial charge in [0.1, 0.15) is 0 Å². The van der Waals surface area contributed by atoms with Crippen molar-refractivity contribution in [2.45, 2.75) is 32.2 Å². The normalized spacial score (nSPS) is 15.5. The van der Waals surface area contributed by atoms with Gasteiger partial charge in [0.25, 0.3) is 0 Å². The summed E-state index contributed by atoms with van der Waals surface area (Å²) in [5.74, 6) is 0. The maximum Gasteiger partial charge on any atom is 0.171 e. The van der Waals surface area contributed by atoms with Crippen LogP contribution in [0.3, 0.4) is 0 Å². The van der Waals surface area contributed by atoms with Crippen molar-refractivity contribution in [1.29, 1.82) is 0 Å². The zero-order valence-electron chi connectivity index (χ0n) is 14.5. The zero-order chi connectivity index (χ0) is 17.6. The van der Waals surface area contributed by atoms with Crippen molar-refractivity contribution in [3.05, 3.63) is 59.1 Å². The lowest BCUT2D eigenvalue weighted by atomic mass is 10.1. The summed E-state index contributed by atoms with van der Waals surface area (Å²) >= 11 is 11.6. The van der Waals surface area contributed by atoms with Crippen LogP contribution in [0.1, 0.15) is 37.8 Å². The second kappa shape index (κ2) is 8.54. The second-order valence-corrected chi connectivity index (χ2v) is 7.25. The van der Waals surface area contributed by atoms with Crippen LogP contribution >= 0.6 is 23.8 Å². The van der Waals surface area contributed by atoms with E-state index < -0.39 is 0 Å². The summed E-state index contributed by atoms with van der Waals surface area (Å²) in [6.45, 7) is 4.44. The van der Waals surface area contributed by atoms with Gasteiger partial charge in [-0.05, 0) is 68.2 Å². The highest BCUT2D eigenvalue weighted by Gasteiger charge is 2.12. The molecule has 1 aliphatic heterocycles. The number of para-hydroxylation sites is 1. The van der Waals surface area contributed by atoms with Gasteiger partial charge in [0.2, 0.25) is 0 Å². The Morgan fingerprint density at radius 3 is 2.40 bits per heavy atom. The molecular weight excluding hydrogens is 350 g/mol. The quantitative estimate of drug-likeness (QED) is 0.704. The number of piperidine rings is 1. The zero-order valence-corrected chi connectivity index (χ0v) is 16.0. The first kappa shape index (κ1) is 18.0. The van der Waals surface area contributed by atoms with E-state index in [0.717, 1.165) is 5.69 Å². The molecule has 0 aliphatic carbocycles. The molecule has 132 valence electrons. The van der Waals surface area contributed by atoms with Gasteiger partial charge in [-0.2, -0.15) is 0 Å². The molecule has 2 N–H and O–H groups in total. The highest BCUT2D eigenvalue weighted by molar-refractivity contribution is 7.80. The number of benzene rings is 2. The van der Waals surface area contributed by atoms with E-state index in [-0.39, 0.29) is 6.04 Å². The van der Waals surface area contributed by atoms with Crippen LogP contribution in [0.5, 0.6) is 0 Å². The number of thiocarbonyl (C=S) groups is 1. The average molecular weight is 374 g/mol. The molecule has 1 fully saturated rings. The highest BCUT2D eigenvalue weighted by Crippen LogP contribution is 2.23. The summed E-state index contributed by atoms with van der Waals surface area (Å²) in [5.41, 5.74) is 3.34. The van der Waals surface area contributed by atoms with Gasteiger partial charge in [-0.25, -0.2) is 0 Å². The predicted octanol–water partition coefficient (Wildman–Crippen LogP) is 5.38. The summed E-state index contributed by atoms with van der Waals surface area (Å²) in [4.78, 5) is 2.47. The van der Waals surface area contributed by atoms with E-state index in [4.69, 9.17) is 23.8 Å². The molecule has 0 saturated carbocycles. The van der Waals surface area contributed by atoms with Crippen molar-refractivity contribution in [3.8, 4) is 0 Å². The standard InChI is InChI=1S/C20H24ClN3S/c1-15(22-20(25)23-19-8-4-3-7-18(19)21)16-9-11-17(12-10-16)24-13-5-2-6-14-24/h3-4,7-12,15H,2,5-6,13-14H2,1H3,(H2,22,23,25)/t15-/m1/s1. The molecule has 0 radical (unpaired) electrons. The van der Waals surface area contributed by atoms with E-state index in [1.807, 2.05) is 24.3 Å². The predicted molar refractivity (Wildman–Crippen MR) is 112 cm³/mol. The van der Waals surface area contributed by atoms with Crippen molar-refractivity contribution in [3.63, 3.8) is 0 Å². The van der Waals surface area contributed by atoms with Crippen LogP contribution in [0.15, 0.2) is 48.5 Å². The van der Waals surface area contributed by atoms with Crippen molar-refractivity contribution in [2.24, 2.45) is 0 Å². The minimum absolute atomic E-state index is 0.123. The number of anilines is 2. The molecule has 3 rings (SSSR count). The summed E-state index contributed by atoms with van der Waals surface area (Å²) < 4.78 is 0. The second-order valence-electron chi connectivity index (χ2n) is 6.44. The van der Waals surface area contributed by atoms with Crippen LogP contribution in [0.25, 0.3) is 0 Å². The smallest absolute Gasteiger partial charge is 0.171 e. The number of hydrogen-bond acceptors (Lipinski definition) is 2. The maximum atomic E-state index is 6.16. The Labute approximate surface area is 160 Å². The third-order valence-electron chi connectivity index (χ3n) is 4.58. The van der Waals surface area contributed by atoms with Gasteiger partial charge in [0, 0.05) is 18.8 Å². The summed E-state index contributed by atoms with van der Waals surface area (Å²) in [5, 5.41) is 7.70. The molecule has 0 aromatic heterocycles. The molecule has 0 amide bonds. The number of halogens is 1. The van der Waals surface area contributed by atoms with Gasteiger partial charge in [0.15, 0.2) is 5.11 Å². The van der Waals surface area contributed by atoms with Crippen molar-refractivity contribution in [2.75, 3.05) is 23.3 Å². The van der Waals surface area contributed by atoms with Crippen molar-refractivity contribution in [1.82, 2.24) is 5.32 Å². The number of nitrogens with one attached hydrogen (secondary N) is 2. The highest BCUT2D eigenvalue weighted by atomic mass is 35.5. The van der Waals surface area contributed by atoms with Crippen LogP contribution in [0, 0.1) is 0 Å². The summed E-state index contributed by atoms with van der Waals surface area (Å²) in [7, 11) is 0. The molecule has 0 spiro atoms. The van der Waals surface area contributed by atoms with Crippen LogP contribution in [0.4, 0.5) is 11.4 Å². The molecule has 1 aliphatic rings. The van der Waals surface area contributed by atoms with Gasteiger partial charge in [0.05, 0.1) is 16.8 Å². The number of rotatable bonds is 4. The molecule has 0 bridgehead atoms. The third kappa shape index (κ3) is 4.86. The fraction of sp³-hybridized carbons (Fsp3) is 0.350. The van der Waals surface area contributed by atoms with E-state index in [1.54, 1.807) is 0 Å². The third-order valence-corrected chi connectivity index (χ3v) is 5.13. The topological polar surface area (TPSA) is 27.3 Å². The lowest BCUT2D eigenvalue weighted by molar-refractivity contribution is 0.577. The maximum absolute atomic E-state index is 6.16. The Hall–Kier alpha value is -1.78. The van der Waals surface area contributed by atoms with E-state index in [2.05, 4.69) is 46.7 Å². The fourth-order valence-corrected chi connectivity index (χ4v) is 3.60. The first-order valence-corrected chi connectivity index (χ1v) is 9.59. The van der Waals surface area contributed by atoms with Gasteiger partial charge in [-0.1, -0.05) is 35.9 Å². The van der Waals surface area contributed by atoms with E-state index >= 15 is 0 Å². The van der Waals surface area contributed by atoms with E-state index in [1.165, 1.54) is 43.6 Å². The Morgan fingerprint density at radius 1 is 1.04 bits per heavy atom. The lowest BCUT2D eigenvalue weighted by Crippen LogP contribution is -2.31. The summed E-state index contributed by atoms with van der Waals surface area (Å²) in [6.07, 6.45) is 3.94. The van der Waals surface area contributed by atoms with E-state index in [9.17, 15) is 0 Å². The first-order chi connectivity index (χ1) is 12.1. The monoisotopic (exact) mass is 373 g/mol. The Balaban J connectivity index is 1.58. The molecule has 2 aromatic carbocycles. The SMILES string of the molecule is C[C@@H](NC(=S)Nc1ccccc1Cl)c1ccc(N2CCCCC2)cc1. The van der Waals surface area contributed by atoms with Crippen LogP contribution in [-0.2, 0) is 0 Å². The molecule has 25 heavy (non-hydrogen) atoms. The number of hydrogen-bond donors (Lipinski definition) is 2. The van der Waals surface area contributed by atoms with E-state index in [0.29, 0.717) is 10.1 Å². The molecule has 2 aromatic rings. The van der Waals surface area contributed by atoms with Crippen LogP contribution in [0.2, 0.25) is 5.02 Å². The van der Waals surface area contributed by atoms with Gasteiger partial charge in [-0.15, -0.1) is 0 Å². The minimum Gasteiger partial charge on any atom is -0.372 e. The van der Waals surface area contributed by atoms with Crippen LogP contribution in [-0.4, -0.2) is 18.2 Å². The van der Waals surface area contributed by atoms with Crippen molar-refractivity contribution < 1.29 is 0 Å². The number of nitrogens with zero attached hydrogens (tertiary/aromatic N) is 1. The van der Waals surface area contributed by atoms with Gasteiger partial charge >= 0.3 is 0 Å². The first-order valence-electron chi connectivity index (χ1n) is 8.80. The van der Waals surface area contributed by atoms with Gasteiger partial charge in [-0.3, -0.25) is 0 Å². The Kier molecular flexibility index (Phi) is 6.16. The average Bonchev–Trinajstić information content (AvgIpc) is 2.64. The molecule has 0 unspecified atom stereocenters. The molecule has 1 saturated heterocycles. The van der Waals surface area contributed by atoms with Crippen molar-refractivity contribution >= 4 is 40.3 Å². The molecule has 1 heterocycles. The summed E-state index contributed by atoms with van der Waals surface area (Å²) in [6, 6.07) is 16.5. The molecule has 5 heteroatoms. The van der Waals surface area contributed by atoms with Gasteiger partial charge < -0.3 is 15.5 Å². The Bertz CT molecular complexity index is 711. The minimum atomic E-state index is 0.123. The molecule has 3 nitrogen and oxygen atoms in total.